The Balaban J connectivity index is 2.02. The zero-order valence-corrected chi connectivity index (χ0v) is 13.5. The molecule has 0 amide bonds. The molecular formula is C13H14BrNOS2. The minimum Gasteiger partial charge on any atom is -0.387 e. The van der Waals surface area contributed by atoms with Crippen molar-refractivity contribution in [1.82, 2.24) is 4.98 Å². The van der Waals surface area contributed by atoms with Gasteiger partial charge in [-0.3, -0.25) is 0 Å². The number of halogens is 1. The average Bonchev–Trinajstić information content (AvgIpc) is 2.82. The van der Waals surface area contributed by atoms with E-state index in [2.05, 4.69) is 41.2 Å². The first kappa shape index (κ1) is 12.8. The molecule has 0 aromatic carbocycles. The molecule has 1 aliphatic rings. The van der Waals surface area contributed by atoms with Crippen molar-refractivity contribution in [1.29, 1.82) is 0 Å². The first-order valence-electron chi connectivity index (χ1n) is 5.87. The van der Waals surface area contributed by atoms with Crippen LogP contribution >= 0.6 is 38.6 Å². The fraction of sp³-hybridized carbons (Fsp3) is 0.462. The monoisotopic (exact) mass is 343 g/mol. The Morgan fingerprint density at radius 3 is 2.94 bits per heavy atom. The fourth-order valence-corrected chi connectivity index (χ4v) is 4.98. The number of aromatic nitrogens is 1. The Hall–Kier alpha value is -0.230. The number of rotatable bonds is 1. The molecule has 96 valence electrons. The van der Waals surface area contributed by atoms with Crippen LogP contribution in [0.25, 0.3) is 9.88 Å². The second kappa shape index (κ2) is 4.40. The van der Waals surface area contributed by atoms with E-state index < -0.39 is 0 Å². The Labute approximate surface area is 123 Å². The van der Waals surface area contributed by atoms with Gasteiger partial charge in [0.2, 0.25) is 0 Å². The maximum atomic E-state index is 10.2. The molecule has 1 unspecified atom stereocenters. The highest BCUT2D eigenvalue weighted by Crippen LogP contribution is 2.45. The highest BCUT2D eigenvalue weighted by molar-refractivity contribution is 9.10. The zero-order chi connectivity index (χ0) is 12.9. The molecule has 0 saturated carbocycles. The van der Waals surface area contributed by atoms with Gasteiger partial charge in [-0.2, -0.15) is 0 Å². The van der Waals surface area contributed by atoms with Crippen molar-refractivity contribution in [3.8, 4) is 9.88 Å². The molecule has 2 nitrogen and oxygen atoms in total. The lowest BCUT2D eigenvalue weighted by atomic mass is 9.77. The van der Waals surface area contributed by atoms with Crippen LogP contribution in [0.1, 0.15) is 36.9 Å². The van der Waals surface area contributed by atoms with Crippen LogP contribution in [0.15, 0.2) is 15.9 Å². The first-order chi connectivity index (χ1) is 8.44. The number of thiazole rings is 1. The average molecular weight is 344 g/mol. The van der Waals surface area contributed by atoms with Crippen molar-refractivity contribution in [3.63, 3.8) is 0 Å². The summed E-state index contributed by atoms with van der Waals surface area (Å²) < 4.78 is 1.09. The van der Waals surface area contributed by atoms with Crippen LogP contribution in [0.2, 0.25) is 0 Å². The molecule has 0 fully saturated rings. The van der Waals surface area contributed by atoms with Gasteiger partial charge in [0.25, 0.3) is 0 Å². The van der Waals surface area contributed by atoms with Crippen molar-refractivity contribution < 1.29 is 5.11 Å². The van der Waals surface area contributed by atoms with E-state index in [1.807, 2.05) is 0 Å². The van der Waals surface area contributed by atoms with Crippen LogP contribution in [0, 0.1) is 5.41 Å². The summed E-state index contributed by atoms with van der Waals surface area (Å²) in [4.78, 5) is 6.96. The summed E-state index contributed by atoms with van der Waals surface area (Å²) in [6, 6.07) is 2.09. The molecule has 2 heterocycles. The van der Waals surface area contributed by atoms with Gasteiger partial charge in [-0.05, 0) is 40.3 Å². The predicted molar refractivity (Wildman–Crippen MR) is 80.2 cm³/mol. The van der Waals surface area contributed by atoms with Crippen LogP contribution in [-0.2, 0) is 6.42 Å². The van der Waals surface area contributed by atoms with Crippen molar-refractivity contribution >= 4 is 38.6 Å². The molecule has 2 aromatic rings. The normalized spacial score (nSPS) is 21.9. The van der Waals surface area contributed by atoms with Crippen LogP contribution in [0.5, 0.6) is 0 Å². The number of aliphatic hydroxyl groups excluding tert-OH is 1. The molecule has 5 heteroatoms. The van der Waals surface area contributed by atoms with Crippen molar-refractivity contribution in [2.45, 2.75) is 32.8 Å². The number of fused-ring (bicyclic) bond motifs is 1. The second-order valence-corrected chi connectivity index (χ2v) is 8.38. The molecule has 0 bridgehead atoms. The third kappa shape index (κ3) is 2.29. The summed E-state index contributed by atoms with van der Waals surface area (Å²) in [5.74, 6) is 0. The Bertz CT molecular complexity index is 588. The molecule has 0 spiro atoms. The van der Waals surface area contributed by atoms with Crippen LogP contribution in [0.3, 0.4) is 0 Å². The molecule has 1 aliphatic carbocycles. The third-order valence-corrected chi connectivity index (χ3v) is 6.26. The summed E-state index contributed by atoms with van der Waals surface area (Å²) in [6.45, 7) is 4.39. The van der Waals surface area contributed by atoms with Gasteiger partial charge in [-0.1, -0.05) is 13.8 Å². The van der Waals surface area contributed by atoms with E-state index in [1.165, 1.54) is 4.88 Å². The minimum atomic E-state index is -0.349. The maximum Gasteiger partial charge on any atom is 0.134 e. The number of thiophene rings is 1. The number of nitrogens with zero attached hydrogens (tertiary/aromatic N) is 1. The molecule has 18 heavy (non-hydrogen) atoms. The van der Waals surface area contributed by atoms with E-state index in [-0.39, 0.29) is 11.5 Å². The Kier molecular flexibility index (Phi) is 3.13. The maximum absolute atomic E-state index is 10.2. The summed E-state index contributed by atoms with van der Waals surface area (Å²) >= 11 is 6.79. The predicted octanol–water partition coefficient (Wildman–Crippen LogP) is 4.64. The van der Waals surface area contributed by atoms with Gasteiger partial charge < -0.3 is 5.11 Å². The third-order valence-electron chi connectivity index (χ3n) is 3.20. The summed E-state index contributed by atoms with van der Waals surface area (Å²) in [6.07, 6.45) is 1.44. The highest BCUT2D eigenvalue weighted by Gasteiger charge is 2.34. The summed E-state index contributed by atoms with van der Waals surface area (Å²) in [5.41, 5.74) is 1.23. The molecule has 1 N–H and O–H groups in total. The minimum absolute atomic E-state index is 0.147. The number of hydrogen-bond donors (Lipinski definition) is 1. The topological polar surface area (TPSA) is 33.1 Å². The molecule has 0 radical (unpaired) electrons. The van der Waals surface area contributed by atoms with Gasteiger partial charge in [-0.15, -0.1) is 22.7 Å². The highest BCUT2D eigenvalue weighted by atomic mass is 79.9. The quantitative estimate of drug-likeness (QED) is 0.818. The SMILES string of the molecule is CC1(C)Cc2nc(-c3cc(Br)cs3)sc2C(O)C1. The lowest BCUT2D eigenvalue weighted by molar-refractivity contribution is 0.102. The van der Waals surface area contributed by atoms with E-state index in [0.29, 0.717) is 0 Å². The van der Waals surface area contributed by atoms with Gasteiger partial charge in [0.1, 0.15) is 5.01 Å². The number of hydrogen-bond acceptors (Lipinski definition) is 4. The molecule has 0 aliphatic heterocycles. The van der Waals surface area contributed by atoms with Crippen molar-refractivity contribution in [2.75, 3.05) is 0 Å². The second-order valence-electron chi connectivity index (χ2n) is 5.52. The molecular weight excluding hydrogens is 330 g/mol. The largest absolute Gasteiger partial charge is 0.387 e. The van der Waals surface area contributed by atoms with Crippen LogP contribution < -0.4 is 0 Å². The van der Waals surface area contributed by atoms with E-state index in [0.717, 1.165) is 32.9 Å². The van der Waals surface area contributed by atoms with E-state index >= 15 is 0 Å². The number of aliphatic hydroxyl groups is 1. The van der Waals surface area contributed by atoms with Gasteiger partial charge in [-0.25, -0.2) is 4.98 Å². The molecule has 3 rings (SSSR count). The van der Waals surface area contributed by atoms with E-state index in [9.17, 15) is 5.11 Å². The summed E-state index contributed by atoms with van der Waals surface area (Å²) in [5, 5.41) is 13.3. The lowest BCUT2D eigenvalue weighted by Crippen LogP contribution is -2.24. The first-order valence-corrected chi connectivity index (χ1v) is 8.36. The molecule has 1 atom stereocenters. The van der Waals surface area contributed by atoms with Gasteiger partial charge in [0.15, 0.2) is 0 Å². The zero-order valence-electron chi connectivity index (χ0n) is 10.2. The van der Waals surface area contributed by atoms with E-state index in [4.69, 9.17) is 4.98 Å². The van der Waals surface area contributed by atoms with E-state index in [1.54, 1.807) is 22.7 Å². The standard InChI is InChI=1S/C13H14BrNOS2/c1-13(2)4-8-11(9(16)5-13)18-12(15-8)10-3-7(14)6-17-10/h3,6,9,16H,4-5H2,1-2H3. The van der Waals surface area contributed by atoms with Crippen LogP contribution in [-0.4, -0.2) is 10.1 Å². The fourth-order valence-electron chi connectivity index (χ4n) is 2.42. The van der Waals surface area contributed by atoms with Gasteiger partial charge in [0.05, 0.1) is 21.6 Å². The lowest BCUT2D eigenvalue weighted by Gasteiger charge is -2.31. The summed E-state index contributed by atoms with van der Waals surface area (Å²) in [7, 11) is 0. The van der Waals surface area contributed by atoms with Crippen molar-refractivity contribution in [3.05, 3.63) is 26.5 Å². The molecule has 0 saturated heterocycles. The smallest absolute Gasteiger partial charge is 0.134 e. The Morgan fingerprint density at radius 2 is 2.28 bits per heavy atom. The van der Waals surface area contributed by atoms with Crippen LogP contribution in [0.4, 0.5) is 0 Å². The van der Waals surface area contributed by atoms with Gasteiger partial charge in [0, 0.05) is 9.85 Å². The molecule has 2 aromatic heterocycles. The Morgan fingerprint density at radius 1 is 1.50 bits per heavy atom. The van der Waals surface area contributed by atoms with Crippen molar-refractivity contribution in [2.24, 2.45) is 5.41 Å². The van der Waals surface area contributed by atoms with Gasteiger partial charge >= 0.3 is 0 Å².